The van der Waals surface area contributed by atoms with Crippen LogP contribution in [0.1, 0.15) is 22.8 Å². The average Bonchev–Trinajstić information content (AvgIpc) is 2.90. The lowest BCUT2D eigenvalue weighted by Crippen LogP contribution is -2.50. The zero-order valence-electron chi connectivity index (χ0n) is 20.9. The Hall–Kier alpha value is -2.53. The van der Waals surface area contributed by atoms with Crippen molar-refractivity contribution in [1.29, 1.82) is 0 Å². The summed E-state index contributed by atoms with van der Waals surface area (Å²) in [4.78, 5) is 21.6. The van der Waals surface area contributed by atoms with Crippen LogP contribution in [0.3, 0.4) is 0 Å². The topological polar surface area (TPSA) is 80.9 Å². The quantitative estimate of drug-likeness (QED) is 0.451. The molecule has 0 radical (unpaired) electrons. The minimum absolute atomic E-state index is 0.0863. The molecule has 2 N–H and O–H groups in total. The third-order valence-corrected chi connectivity index (χ3v) is 7.28. The minimum atomic E-state index is -0.361. The van der Waals surface area contributed by atoms with Crippen LogP contribution in [0, 0.1) is 9.49 Å². The number of carbonyl (C=O) groups excluding carboxylic acids is 1. The van der Waals surface area contributed by atoms with Gasteiger partial charge in [-0.1, -0.05) is 37.3 Å². The monoisotopic (exact) mass is 600 g/mol. The van der Waals surface area contributed by atoms with Gasteiger partial charge in [-0.25, -0.2) is 0 Å². The first-order valence-electron chi connectivity index (χ1n) is 12.1. The van der Waals surface area contributed by atoms with Crippen LogP contribution in [0.4, 0.5) is 0 Å². The molecule has 1 amide bonds. The number of aromatic nitrogens is 1. The molecule has 36 heavy (non-hydrogen) atoms. The van der Waals surface area contributed by atoms with Crippen molar-refractivity contribution in [2.24, 2.45) is 11.7 Å². The molecule has 1 aromatic heterocycles. The zero-order valence-corrected chi connectivity index (χ0v) is 23.1. The molecule has 3 aromatic rings. The minimum Gasteiger partial charge on any atom is -0.490 e. The number of hydrogen-bond acceptors (Lipinski definition) is 6. The standard InChI is InChI=1S/C28H33IN4O3/c1-19-15-33(16-20-7-9-21(10-8-20)24-6-4-5-13-31-24)27(30)18-36-25-12-11-22(29)14-23(25)28(34)32(2)17-26(19)35-3/h4-14,19,26-27H,15-18,30H2,1-3H3/t19-,26-,27+/m0/s1. The highest BCUT2D eigenvalue weighted by atomic mass is 127. The summed E-state index contributed by atoms with van der Waals surface area (Å²) in [5.41, 5.74) is 10.4. The summed E-state index contributed by atoms with van der Waals surface area (Å²) >= 11 is 2.21. The van der Waals surface area contributed by atoms with Gasteiger partial charge in [-0.2, -0.15) is 0 Å². The van der Waals surface area contributed by atoms with E-state index in [0.717, 1.165) is 20.4 Å². The normalized spacial score (nSPS) is 21.8. The maximum atomic E-state index is 13.2. The van der Waals surface area contributed by atoms with Gasteiger partial charge in [0.2, 0.25) is 0 Å². The van der Waals surface area contributed by atoms with E-state index < -0.39 is 0 Å². The molecule has 0 aliphatic carbocycles. The molecule has 7 nitrogen and oxygen atoms in total. The van der Waals surface area contributed by atoms with E-state index in [9.17, 15) is 4.79 Å². The number of nitrogens with zero attached hydrogens (tertiary/aromatic N) is 3. The van der Waals surface area contributed by atoms with Crippen molar-refractivity contribution >= 4 is 28.5 Å². The van der Waals surface area contributed by atoms with Gasteiger partial charge in [0, 0.05) is 49.1 Å². The van der Waals surface area contributed by atoms with E-state index in [1.54, 1.807) is 18.2 Å². The Balaban J connectivity index is 1.59. The lowest BCUT2D eigenvalue weighted by molar-refractivity contribution is 0.00807. The predicted molar refractivity (Wildman–Crippen MR) is 150 cm³/mol. The van der Waals surface area contributed by atoms with Gasteiger partial charge in [0.15, 0.2) is 0 Å². The molecule has 3 atom stereocenters. The average molecular weight is 601 g/mol. The molecule has 0 bridgehead atoms. The number of likely N-dealkylation sites (N-methyl/N-ethyl adjacent to an activating group) is 1. The number of ether oxygens (including phenoxy) is 2. The predicted octanol–water partition coefficient (Wildman–Crippen LogP) is 4.26. The van der Waals surface area contributed by atoms with Gasteiger partial charge < -0.3 is 20.1 Å². The molecular formula is C28H33IN4O3. The Morgan fingerprint density at radius 2 is 1.92 bits per heavy atom. The largest absolute Gasteiger partial charge is 0.490 e. The van der Waals surface area contributed by atoms with E-state index in [1.165, 1.54) is 0 Å². The maximum Gasteiger partial charge on any atom is 0.257 e. The second-order valence-electron chi connectivity index (χ2n) is 9.30. The highest BCUT2D eigenvalue weighted by Crippen LogP contribution is 2.25. The van der Waals surface area contributed by atoms with Crippen LogP contribution in [0.25, 0.3) is 11.3 Å². The first kappa shape index (κ1) is 26.5. The Morgan fingerprint density at radius 3 is 2.61 bits per heavy atom. The number of pyridine rings is 1. The molecule has 1 aliphatic heterocycles. The number of benzene rings is 2. The van der Waals surface area contributed by atoms with Crippen molar-refractivity contribution in [3.63, 3.8) is 0 Å². The molecule has 0 fully saturated rings. The third kappa shape index (κ3) is 6.42. The van der Waals surface area contributed by atoms with Crippen LogP contribution >= 0.6 is 22.6 Å². The number of rotatable bonds is 4. The van der Waals surface area contributed by atoms with Crippen molar-refractivity contribution in [1.82, 2.24) is 14.8 Å². The maximum absolute atomic E-state index is 13.2. The Morgan fingerprint density at radius 1 is 1.14 bits per heavy atom. The summed E-state index contributed by atoms with van der Waals surface area (Å²) in [6, 6.07) is 20.0. The molecule has 0 saturated heterocycles. The first-order chi connectivity index (χ1) is 17.4. The smallest absolute Gasteiger partial charge is 0.257 e. The number of amides is 1. The summed E-state index contributed by atoms with van der Waals surface area (Å²) in [5.74, 6) is 0.598. The molecular weight excluding hydrogens is 567 g/mol. The van der Waals surface area contributed by atoms with Crippen LogP contribution < -0.4 is 10.5 Å². The van der Waals surface area contributed by atoms with Crippen molar-refractivity contribution in [3.8, 4) is 17.0 Å². The second kappa shape index (κ2) is 12.1. The van der Waals surface area contributed by atoms with Gasteiger partial charge >= 0.3 is 0 Å². The second-order valence-corrected chi connectivity index (χ2v) is 10.5. The lowest BCUT2D eigenvalue weighted by Gasteiger charge is -2.35. The number of nitrogens with two attached hydrogens (primary N) is 1. The highest BCUT2D eigenvalue weighted by Gasteiger charge is 2.28. The third-order valence-electron chi connectivity index (χ3n) is 6.61. The Labute approximate surface area is 226 Å². The molecule has 0 unspecified atom stereocenters. The van der Waals surface area contributed by atoms with Crippen molar-refractivity contribution in [3.05, 3.63) is 81.6 Å². The van der Waals surface area contributed by atoms with Gasteiger partial charge in [-0.05, 0) is 64.4 Å². The van der Waals surface area contributed by atoms with Gasteiger partial charge in [-0.15, -0.1) is 0 Å². The highest BCUT2D eigenvalue weighted by molar-refractivity contribution is 14.1. The van der Waals surface area contributed by atoms with Gasteiger partial charge in [-0.3, -0.25) is 14.7 Å². The number of carbonyl (C=O) groups is 1. The molecule has 2 heterocycles. The molecule has 190 valence electrons. The Bertz CT molecular complexity index is 1160. The van der Waals surface area contributed by atoms with Crippen LogP contribution in [0.15, 0.2) is 66.9 Å². The molecule has 8 heteroatoms. The van der Waals surface area contributed by atoms with E-state index >= 15 is 0 Å². The number of halogens is 1. The molecule has 2 aromatic carbocycles. The van der Waals surface area contributed by atoms with E-state index in [4.69, 9.17) is 15.2 Å². The van der Waals surface area contributed by atoms with Gasteiger partial charge in [0.05, 0.1) is 23.5 Å². The van der Waals surface area contributed by atoms with Crippen molar-refractivity contribution < 1.29 is 14.3 Å². The van der Waals surface area contributed by atoms with Crippen LogP contribution in [-0.4, -0.2) is 66.8 Å². The van der Waals surface area contributed by atoms with E-state index in [1.807, 2.05) is 43.4 Å². The van der Waals surface area contributed by atoms with E-state index in [2.05, 4.69) is 63.7 Å². The number of hydrogen-bond donors (Lipinski definition) is 1. The van der Waals surface area contributed by atoms with Crippen LogP contribution in [0.5, 0.6) is 5.75 Å². The van der Waals surface area contributed by atoms with Gasteiger partial charge in [0.1, 0.15) is 12.4 Å². The van der Waals surface area contributed by atoms with Gasteiger partial charge in [0.25, 0.3) is 5.91 Å². The van der Waals surface area contributed by atoms with E-state index in [-0.39, 0.29) is 30.7 Å². The molecule has 0 spiro atoms. The van der Waals surface area contributed by atoms with E-state index in [0.29, 0.717) is 30.9 Å². The molecule has 0 saturated carbocycles. The summed E-state index contributed by atoms with van der Waals surface area (Å²) in [5, 5.41) is 0. The van der Waals surface area contributed by atoms with Crippen LogP contribution in [-0.2, 0) is 11.3 Å². The fraction of sp³-hybridized carbons (Fsp3) is 0.357. The Kier molecular flexibility index (Phi) is 8.95. The van der Waals surface area contributed by atoms with Crippen molar-refractivity contribution in [2.75, 3.05) is 33.9 Å². The summed E-state index contributed by atoms with van der Waals surface area (Å²) in [6.07, 6.45) is 1.31. The van der Waals surface area contributed by atoms with Crippen LogP contribution in [0.2, 0.25) is 0 Å². The number of methoxy groups -OCH3 is 1. The lowest BCUT2D eigenvalue weighted by atomic mass is 10.0. The summed E-state index contributed by atoms with van der Waals surface area (Å²) in [7, 11) is 3.51. The first-order valence-corrected chi connectivity index (χ1v) is 13.1. The molecule has 1 aliphatic rings. The van der Waals surface area contributed by atoms with Crippen molar-refractivity contribution in [2.45, 2.75) is 25.7 Å². The zero-order chi connectivity index (χ0) is 25.7. The number of fused-ring (bicyclic) bond motifs is 1. The fourth-order valence-electron chi connectivity index (χ4n) is 4.47. The molecule has 4 rings (SSSR count). The SMILES string of the molecule is CO[C@H]1CN(C)C(=O)c2cc(I)ccc2OC[C@H](N)N(Cc2ccc(-c3ccccn3)cc2)C[C@@H]1C. The fourth-order valence-corrected chi connectivity index (χ4v) is 4.97. The summed E-state index contributed by atoms with van der Waals surface area (Å²) < 4.78 is 12.9. The summed E-state index contributed by atoms with van der Waals surface area (Å²) in [6.45, 7) is 4.25.